The maximum Gasteiger partial charge on any atom is 0.0728 e. The summed E-state index contributed by atoms with van der Waals surface area (Å²) in [5, 5.41) is 1.07. The van der Waals surface area contributed by atoms with Crippen LogP contribution in [0.2, 0.25) is 0 Å². The van der Waals surface area contributed by atoms with E-state index in [4.69, 9.17) is 4.74 Å². The van der Waals surface area contributed by atoms with E-state index in [1.54, 1.807) is 0 Å². The highest BCUT2D eigenvalue weighted by Gasteiger charge is 2.35. The number of ether oxygens (including phenoxy) is 1. The molecule has 1 aromatic rings. The van der Waals surface area contributed by atoms with E-state index in [1.807, 2.05) is 12.1 Å². The summed E-state index contributed by atoms with van der Waals surface area (Å²) in [6.45, 7) is 1.58. The van der Waals surface area contributed by atoms with E-state index < -0.39 is 0 Å². The van der Waals surface area contributed by atoms with Gasteiger partial charge in [0.2, 0.25) is 0 Å². The summed E-state index contributed by atoms with van der Waals surface area (Å²) in [5.74, 6) is 0. The van der Waals surface area contributed by atoms with Gasteiger partial charge in [-0.05, 0) is 24.5 Å². The van der Waals surface area contributed by atoms with Crippen molar-refractivity contribution in [2.75, 3.05) is 11.9 Å². The first-order valence-electron chi connectivity index (χ1n) is 5.63. The Labute approximate surface area is 114 Å². The predicted octanol–water partition coefficient (Wildman–Crippen LogP) is 4.53. The molecule has 0 spiro atoms. The minimum Gasteiger partial charge on any atom is -0.376 e. The summed E-state index contributed by atoms with van der Waals surface area (Å²) in [7, 11) is 0. The predicted molar refractivity (Wildman–Crippen MR) is 73.9 cm³/mol. The van der Waals surface area contributed by atoms with Gasteiger partial charge in [-0.2, -0.15) is 0 Å². The van der Waals surface area contributed by atoms with Crippen LogP contribution >= 0.6 is 31.9 Å². The summed E-state index contributed by atoms with van der Waals surface area (Å²) in [5.41, 5.74) is 1.65. The summed E-state index contributed by atoms with van der Waals surface area (Å²) in [6.07, 6.45) is 3.95. The molecule has 1 saturated carbocycles. The third-order valence-corrected chi connectivity index (χ3v) is 5.28. The zero-order chi connectivity index (χ0) is 11.4. The van der Waals surface area contributed by atoms with Crippen molar-refractivity contribution >= 4 is 31.9 Å². The molecule has 2 rings (SSSR count). The van der Waals surface area contributed by atoms with Crippen molar-refractivity contribution < 1.29 is 4.74 Å². The van der Waals surface area contributed by atoms with E-state index in [9.17, 15) is 0 Å². The zero-order valence-corrected chi connectivity index (χ0v) is 12.4. The van der Waals surface area contributed by atoms with Crippen molar-refractivity contribution in [3.8, 4) is 0 Å². The van der Waals surface area contributed by atoms with Crippen molar-refractivity contribution in [3.05, 3.63) is 34.3 Å². The van der Waals surface area contributed by atoms with Gasteiger partial charge in [-0.25, -0.2) is 0 Å². The van der Waals surface area contributed by atoms with Crippen LogP contribution in [0.4, 0.5) is 0 Å². The van der Waals surface area contributed by atoms with Gasteiger partial charge in [0.15, 0.2) is 0 Å². The van der Waals surface area contributed by atoms with E-state index >= 15 is 0 Å². The molecular formula is C13H16Br2O. The lowest BCUT2D eigenvalue weighted by molar-refractivity contribution is 0.00254. The van der Waals surface area contributed by atoms with Crippen LogP contribution in [0.25, 0.3) is 0 Å². The number of rotatable bonds is 5. The smallest absolute Gasteiger partial charge is 0.0728 e. The van der Waals surface area contributed by atoms with Gasteiger partial charge in [0.25, 0.3) is 0 Å². The first-order chi connectivity index (χ1) is 7.76. The molecule has 0 aliphatic heterocycles. The first kappa shape index (κ1) is 12.6. The highest BCUT2D eigenvalue weighted by atomic mass is 79.9. The quantitative estimate of drug-likeness (QED) is 0.711. The minimum atomic E-state index is 0.418. The van der Waals surface area contributed by atoms with E-state index in [0.717, 1.165) is 16.4 Å². The molecule has 0 amide bonds. The van der Waals surface area contributed by atoms with Crippen molar-refractivity contribution in [2.45, 2.75) is 25.9 Å². The summed E-state index contributed by atoms with van der Waals surface area (Å²) < 4.78 is 6.97. The number of alkyl halides is 1. The van der Waals surface area contributed by atoms with Crippen LogP contribution in [0.3, 0.4) is 0 Å². The molecule has 1 aliphatic rings. The molecule has 0 aromatic heterocycles. The Morgan fingerprint density at radius 1 is 1.25 bits per heavy atom. The van der Waals surface area contributed by atoms with Crippen LogP contribution < -0.4 is 0 Å². The highest BCUT2D eigenvalue weighted by Crippen LogP contribution is 2.42. The van der Waals surface area contributed by atoms with Crippen LogP contribution in [-0.4, -0.2) is 11.9 Å². The largest absolute Gasteiger partial charge is 0.376 e. The number of hydrogen-bond donors (Lipinski definition) is 0. The van der Waals surface area contributed by atoms with Crippen molar-refractivity contribution in [1.29, 1.82) is 0 Å². The van der Waals surface area contributed by atoms with E-state index in [2.05, 4.69) is 44.0 Å². The minimum absolute atomic E-state index is 0.418. The van der Waals surface area contributed by atoms with Gasteiger partial charge in [-0.3, -0.25) is 0 Å². The molecule has 0 saturated heterocycles. The number of halogens is 2. The molecule has 0 N–H and O–H groups in total. The fraction of sp³-hybridized carbons (Fsp3) is 0.538. The van der Waals surface area contributed by atoms with Crippen molar-refractivity contribution in [1.82, 2.24) is 0 Å². The molecule has 0 heterocycles. The zero-order valence-electron chi connectivity index (χ0n) is 9.22. The lowest BCUT2D eigenvalue weighted by Crippen LogP contribution is -2.35. The van der Waals surface area contributed by atoms with Gasteiger partial charge in [-0.1, -0.05) is 56.5 Å². The molecule has 0 unspecified atom stereocenters. The Hall–Kier alpha value is 0.140. The van der Waals surface area contributed by atoms with E-state index in [1.165, 1.54) is 24.8 Å². The fourth-order valence-corrected chi connectivity index (χ4v) is 3.11. The summed E-state index contributed by atoms with van der Waals surface area (Å²) in [4.78, 5) is 0. The molecule has 16 heavy (non-hydrogen) atoms. The third kappa shape index (κ3) is 2.88. The van der Waals surface area contributed by atoms with Gasteiger partial charge in [0.05, 0.1) is 13.2 Å². The first-order valence-corrected chi connectivity index (χ1v) is 7.54. The lowest BCUT2D eigenvalue weighted by atomic mass is 9.71. The van der Waals surface area contributed by atoms with Gasteiger partial charge >= 0.3 is 0 Å². The molecule has 0 bridgehead atoms. The number of benzene rings is 1. The van der Waals surface area contributed by atoms with Crippen LogP contribution in [0.15, 0.2) is 28.7 Å². The Morgan fingerprint density at radius 3 is 2.56 bits per heavy atom. The molecule has 0 atom stereocenters. The lowest BCUT2D eigenvalue weighted by Gasteiger charge is -2.40. The molecular weight excluding hydrogens is 332 g/mol. The monoisotopic (exact) mass is 346 g/mol. The molecule has 1 nitrogen and oxygen atoms in total. The Morgan fingerprint density at radius 2 is 2.00 bits per heavy atom. The van der Waals surface area contributed by atoms with Crippen molar-refractivity contribution in [2.24, 2.45) is 5.41 Å². The summed E-state index contributed by atoms with van der Waals surface area (Å²) in [6, 6.07) is 8.24. The average Bonchev–Trinajstić information content (AvgIpc) is 2.25. The SMILES string of the molecule is BrCC1(COCc2ccccc2Br)CCC1. The van der Waals surface area contributed by atoms with Crippen LogP contribution in [0.5, 0.6) is 0 Å². The van der Waals surface area contributed by atoms with Gasteiger partial charge in [-0.15, -0.1) is 0 Å². The van der Waals surface area contributed by atoms with E-state index in [0.29, 0.717) is 12.0 Å². The summed E-state index contributed by atoms with van der Waals surface area (Å²) >= 11 is 7.13. The molecule has 1 aromatic carbocycles. The molecule has 0 radical (unpaired) electrons. The second-order valence-electron chi connectivity index (χ2n) is 4.57. The normalized spacial score (nSPS) is 18.1. The maximum absolute atomic E-state index is 5.84. The number of hydrogen-bond acceptors (Lipinski definition) is 1. The molecule has 3 heteroatoms. The fourth-order valence-electron chi connectivity index (χ4n) is 1.99. The van der Waals surface area contributed by atoms with Crippen molar-refractivity contribution in [3.63, 3.8) is 0 Å². The second-order valence-corrected chi connectivity index (χ2v) is 5.99. The molecule has 1 aliphatic carbocycles. The molecule has 1 fully saturated rings. The highest BCUT2D eigenvalue weighted by molar-refractivity contribution is 9.10. The second kappa shape index (κ2) is 5.65. The van der Waals surface area contributed by atoms with E-state index in [-0.39, 0.29) is 0 Å². The van der Waals surface area contributed by atoms with Gasteiger partial charge in [0, 0.05) is 15.2 Å². The Kier molecular flexibility index (Phi) is 4.45. The standard InChI is InChI=1S/C13H16Br2O/c14-9-13(6-3-7-13)10-16-8-11-4-1-2-5-12(11)15/h1-2,4-5H,3,6-10H2. The van der Waals surface area contributed by atoms with Crippen LogP contribution in [0.1, 0.15) is 24.8 Å². The van der Waals surface area contributed by atoms with Crippen LogP contribution in [-0.2, 0) is 11.3 Å². The molecule has 88 valence electrons. The maximum atomic E-state index is 5.84. The topological polar surface area (TPSA) is 9.23 Å². The van der Waals surface area contributed by atoms with Gasteiger partial charge < -0.3 is 4.74 Å². The third-order valence-electron chi connectivity index (χ3n) is 3.32. The van der Waals surface area contributed by atoms with Gasteiger partial charge in [0.1, 0.15) is 0 Å². The Balaban J connectivity index is 1.82. The average molecular weight is 348 g/mol. The Bertz CT molecular complexity index is 342. The van der Waals surface area contributed by atoms with Crippen LogP contribution in [0, 0.1) is 5.41 Å².